The van der Waals surface area contributed by atoms with Gasteiger partial charge in [0, 0.05) is 37.2 Å². The number of hydrogen-bond donors (Lipinski definition) is 0. The molecule has 2 aromatic heterocycles. The van der Waals surface area contributed by atoms with Crippen LogP contribution in [-0.2, 0) is 20.1 Å². The molecule has 0 N–H and O–H groups in total. The van der Waals surface area contributed by atoms with Crippen molar-refractivity contribution in [2.45, 2.75) is 13.8 Å². The molecule has 16 heavy (non-hydrogen) atoms. The molecule has 1 radical (unpaired) electrons. The summed E-state index contributed by atoms with van der Waals surface area (Å²) < 4.78 is 0. The van der Waals surface area contributed by atoms with Gasteiger partial charge in [0.15, 0.2) is 0 Å². The predicted octanol–water partition coefficient (Wildman–Crippen LogP) is 1.75. The van der Waals surface area contributed by atoms with Gasteiger partial charge in [0.2, 0.25) is 0 Å². The van der Waals surface area contributed by atoms with Crippen LogP contribution in [-0.4, -0.2) is 15.3 Å². The van der Waals surface area contributed by atoms with Gasteiger partial charge in [-0.25, -0.2) is 0 Å². The molecule has 0 spiro atoms. The number of aryl methyl sites for hydroxylation is 2. The Morgan fingerprint density at radius 1 is 1.12 bits per heavy atom. The first-order valence-corrected chi connectivity index (χ1v) is 4.78. The van der Waals surface area contributed by atoms with E-state index in [1.54, 1.807) is 6.20 Å². The summed E-state index contributed by atoms with van der Waals surface area (Å²) in [5.41, 5.74) is 4.89. The minimum Gasteiger partial charge on any atom is -0.350 e. The average molecular weight is 389 g/mol. The number of aromatic nitrogens is 4. The fourth-order valence-corrected chi connectivity index (χ4v) is 1.89. The number of hydrogen-bond acceptors (Lipinski definition) is 3. The number of nitrogens with zero attached hydrogens (tertiary/aromatic N) is 4. The summed E-state index contributed by atoms with van der Waals surface area (Å²) in [5, 5.41) is 12.9. The van der Waals surface area contributed by atoms with E-state index in [1.165, 1.54) is 5.56 Å². The van der Waals surface area contributed by atoms with Gasteiger partial charge in [-0.2, -0.15) is 0 Å². The van der Waals surface area contributed by atoms with Crippen molar-refractivity contribution in [3.05, 3.63) is 29.5 Å². The summed E-state index contributed by atoms with van der Waals surface area (Å²) in [6.45, 7) is 4.12. The summed E-state index contributed by atoms with van der Waals surface area (Å²) in [4.78, 5) is 4.34. The molecule has 3 aromatic rings. The SMILES string of the molecule is Cc1c(C)c2nn[n-]c2c2ncccc12.[Ir]. The molecule has 0 saturated heterocycles. The van der Waals surface area contributed by atoms with Crippen molar-refractivity contribution in [3.8, 4) is 0 Å². The summed E-state index contributed by atoms with van der Waals surface area (Å²) in [6.07, 6.45) is 1.77. The van der Waals surface area contributed by atoms with Crippen LogP contribution in [0.1, 0.15) is 11.1 Å². The van der Waals surface area contributed by atoms with Gasteiger partial charge in [-0.3, -0.25) is 10.2 Å². The molecular formula is C11H9IrN4-. The topological polar surface area (TPSA) is 52.8 Å². The zero-order chi connectivity index (χ0) is 10.4. The van der Waals surface area contributed by atoms with E-state index in [1.807, 2.05) is 13.0 Å². The second-order valence-electron chi connectivity index (χ2n) is 3.64. The van der Waals surface area contributed by atoms with Crippen LogP contribution in [0.5, 0.6) is 0 Å². The molecule has 4 nitrogen and oxygen atoms in total. The van der Waals surface area contributed by atoms with Gasteiger partial charge < -0.3 is 10.2 Å². The molecule has 0 fully saturated rings. The van der Waals surface area contributed by atoms with Crippen molar-refractivity contribution < 1.29 is 20.1 Å². The van der Waals surface area contributed by atoms with Crippen molar-refractivity contribution in [2.24, 2.45) is 0 Å². The quantitative estimate of drug-likeness (QED) is 0.588. The molecule has 0 atom stereocenters. The Labute approximate surface area is 106 Å². The average Bonchev–Trinajstić information content (AvgIpc) is 2.75. The minimum absolute atomic E-state index is 0. The standard InChI is InChI=1S/C11H9N4.Ir/c1-6-7(2)9-11(14-15-13-9)10-8(6)4-3-5-12-10;/h3-5H,1-2H3;/q-1;. The van der Waals surface area contributed by atoms with Crippen LogP contribution in [0.25, 0.3) is 21.9 Å². The molecule has 0 aliphatic rings. The fourth-order valence-electron chi connectivity index (χ4n) is 1.89. The van der Waals surface area contributed by atoms with Crippen LogP contribution in [0.2, 0.25) is 0 Å². The van der Waals surface area contributed by atoms with E-state index in [0.29, 0.717) is 0 Å². The Kier molecular flexibility index (Phi) is 2.74. The van der Waals surface area contributed by atoms with Crippen LogP contribution in [0, 0.1) is 13.8 Å². The number of pyridine rings is 1. The van der Waals surface area contributed by atoms with Crippen LogP contribution in [0.15, 0.2) is 18.3 Å². The van der Waals surface area contributed by atoms with Crippen molar-refractivity contribution in [3.63, 3.8) is 0 Å². The van der Waals surface area contributed by atoms with Gasteiger partial charge in [-0.05, 0) is 36.6 Å². The number of rotatable bonds is 0. The largest absolute Gasteiger partial charge is 0.350 e. The molecule has 0 amide bonds. The van der Waals surface area contributed by atoms with Gasteiger partial charge in [0.1, 0.15) is 0 Å². The first kappa shape index (κ1) is 11.2. The van der Waals surface area contributed by atoms with E-state index in [-0.39, 0.29) is 20.1 Å². The van der Waals surface area contributed by atoms with E-state index >= 15 is 0 Å². The molecular weight excluding hydrogens is 380 g/mol. The Hall–Kier alpha value is -1.32. The summed E-state index contributed by atoms with van der Waals surface area (Å²) >= 11 is 0. The monoisotopic (exact) mass is 390 g/mol. The molecule has 3 rings (SSSR count). The van der Waals surface area contributed by atoms with Gasteiger partial charge in [0.25, 0.3) is 0 Å². The van der Waals surface area contributed by atoms with Crippen LogP contribution >= 0.6 is 0 Å². The maximum absolute atomic E-state index is 4.34. The van der Waals surface area contributed by atoms with Crippen molar-refractivity contribution in [1.29, 1.82) is 0 Å². The smallest absolute Gasteiger partial charge is 0.0752 e. The summed E-state index contributed by atoms with van der Waals surface area (Å²) in [5.74, 6) is 0. The molecule has 83 valence electrons. The minimum atomic E-state index is 0. The molecule has 0 saturated carbocycles. The second-order valence-corrected chi connectivity index (χ2v) is 3.64. The third-order valence-electron chi connectivity index (χ3n) is 2.87. The Morgan fingerprint density at radius 2 is 1.94 bits per heavy atom. The second kappa shape index (κ2) is 3.92. The molecule has 5 heteroatoms. The third kappa shape index (κ3) is 1.36. The zero-order valence-electron chi connectivity index (χ0n) is 8.85. The van der Waals surface area contributed by atoms with Gasteiger partial charge >= 0.3 is 0 Å². The van der Waals surface area contributed by atoms with Crippen LogP contribution in [0.4, 0.5) is 0 Å². The third-order valence-corrected chi connectivity index (χ3v) is 2.87. The Morgan fingerprint density at radius 3 is 2.75 bits per heavy atom. The molecule has 1 aromatic carbocycles. The molecule has 0 aliphatic carbocycles. The van der Waals surface area contributed by atoms with Crippen molar-refractivity contribution in [2.75, 3.05) is 0 Å². The molecule has 0 aliphatic heterocycles. The van der Waals surface area contributed by atoms with Gasteiger partial charge in [-0.1, -0.05) is 6.07 Å². The first-order chi connectivity index (χ1) is 7.29. The van der Waals surface area contributed by atoms with Gasteiger partial charge in [0.05, 0.1) is 5.52 Å². The van der Waals surface area contributed by atoms with E-state index in [0.717, 1.165) is 27.5 Å². The normalized spacial score (nSPS) is 10.6. The number of benzene rings is 1. The van der Waals surface area contributed by atoms with Crippen LogP contribution < -0.4 is 5.10 Å². The Balaban J connectivity index is 0.000000963. The summed E-state index contributed by atoms with van der Waals surface area (Å²) in [6, 6.07) is 3.99. The molecule has 0 unspecified atom stereocenters. The van der Waals surface area contributed by atoms with Crippen molar-refractivity contribution in [1.82, 2.24) is 20.4 Å². The number of fused-ring (bicyclic) bond motifs is 3. The first-order valence-electron chi connectivity index (χ1n) is 4.78. The fraction of sp³-hybridized carbons (Fsp3) is 0.182. The van der Waals surface area contributed by atoms with E-state index in [2.05, 4.69) is 33.4 Å². The van der Waals surface area contributed by atoms with Crippen molar-refractivity contribution >= 4 is 21.9 Å². The predicted molar refractivity (Wildman–Crippen MR) is 57.6 cm³/mol. The maximum atomic E-state index is 4.34. The molecule has 0 bridgehead atoms. The Bertz CT molecular complexity index is 659. The van der Waals surface area contributed by atoms with E-state index in [4.69, 9.17) is 0 Å². The summed E-state index contributed by atoms with van der Waals surface area (Å²) in [7, 11) is 0. The molecule has 2 heterocycles. The van der Waals surface area contributed by atoms with Crippen LogP contribution in [0.3, 0.4) is 0 Å². The van der Waals surface area contributed by atoms with E-state index < -0.39 is 0 Å². The van der Waals surface area contributed by atoms with E-state index in [9.17, 15) is 0 Å². The maximum Gasteiger partial charge on any atom is 0.0752 e. The zero-order valence-corrected chi connectivity index (χ0v) is 11.2. The van der Waals surface area contributed by atoms with Gasteiger partial charge in [-0.15, -0.1) is 0 Å².